The molecule has 7 nitrogen and oxygen atoms in total. The summed E-state index contributed by atoms with van der Waals surface area (Å²) < 4.78 is 45.0. The fourth-order valence-corrected chi connectivity index (χ4v) is 4.46. The number of benzene rings is 2. The molecule has 1 unspecified atom stereocenters. The van der Waals surface area contributed by atoms with E-state index in [-0.39, 0.29) is 24.4 Å². The van der Waals surface area contributed by atoms with Crippen molar-refractivity contribution >= 4 is 42.8 Å². The summed E-state index contributed by atoms with van der Waals surface area (Å²) in [5.41, 5.74) is 7.09. The lowest BCUT2D eigenvalue weighted by Gasteiger charge is -2.22. The van der Waals surface area contributed by atoms with E-state index in [2.05, 4.69) is 15.9 Å². The molecule has 160 valence electrons. The highest BCUT2D eigenvalue weighted by molar-refractivity contribution is 9.10. The van der Waals surface area contributed by atoms with Crippen molar-refractivity contribution in [2.45, 2.75) is 19.6 Å². The average molecular weight is 499 g/mol. The van der Waals surface area contributed by atoms with Crippen molar-refractivity contribution in [3.8, 4) is 11.3 Å². The van der Waals surface area contributed by atoms with Gasteiger partial charge < -0.3 is 15.3 Å². The quantitative estimate of drug-likeness (QED) is 0.518. The molecule has 0 fully saturated rings. The molecule has 3 N–H and O–H groups in total. The normalized spacial score (nSPS) is 13.1. The van der Waals surface area contributed by atoms with E-state index in [1.165, 1.54) is 31.2 Å². The third-order valence-electron chi connectivity index (χ3n) is 4.49. The molecule has 0 saturated heterocycles. The third kappa shape index (κ3) is 4.72. The molecule has 0 radical (unpaired) electrons. The van der Waals surface area contributed by atoms with Crippen molar-refractivity contribution in [1.29, 1.82) is 0 Å². The summed E-state index contributed by atoms with van der Waals surface area (Å²) in [6.45, 7) is 1.41. The van der Waals surface area contributed by atoms with Gasteiger partial charge in [0.05, 0.1) is 17.9 Å². The first-order valence-corrected chi connectivity index (χ1v) is 11.6. The van der Waals surface area contributed by atoms with E-state index in [0.717, 1.165) is 10.6 Å². The summed E-state index contributed by atoms with van der Waals surface area (Å²) in [6, 6.07) is 8.68. The molecule has 2 aromatic carbocycles. The van der Waals surface area contributed by atoms with Crippen molar-refractivity contribution in [2.75, 3.05) is 12.8 Å². The summed E-state index contributed by atoms with van der Waals surface area (Å²) >= 11 is 3.41. The lowest BCUT2D eigenvalue weighted by molar-refractivity contribution is 0.100. The molecule has 3 aromatic rings. The Hall–Kier alpha value is -2.27. The van der Waals surface area contributed by atoms with Gasteiger partial charge in [-0.25, -0.2) is 12.8 Å². The van der Waals surface area contributed by atoms with Crippen LogP contribution in [-0.4, -0.2) is 42.6 Å². The molecule has 30 heavy (non-hydrogen) atoms. The average Bonchev–Trinajstić information content (AvgIpc) is 2.99. The van der Waals surface area contributed by atoms with Crippen molar-refractivity contribution in [3.05, 3.63) is 57.8 Å². The second-order valence-corrected chi connectivity index (χ2v) is 9.86. The van der Waals surface area contributed by atoms with Crippen LogP contribution in [0, 0.1) is 5.82 Å². The van der Waals surface area contributed by atoms with Crippen LogP contribution in [0.2, 0.25) is 0 Å². The molecule has 1 heterocycles. The van der Waals surface area contributed by atoms with E-state index in [0.29, 0.717) is 26.6 Å². The van der Waals surface area contributed by atoms with Gasteiger partial charge in [-0.15, -0.1) is 0 Å². The predicted molar refractivity (Wildman–Crippen MR) is 115 cm³/mol. The van der Waals surface area contributed by atoms with Crippen molar-refractivity contribution in [2.24, 2.45) is 5.73 Å². The maximum atomic E-state index is 13.3. The highest BCUT2D eigenvalue weighted by Gasteiger charge is 2.24. The summed E-state index contributed by atoms with van der Waals surface area (Å²) in [6.07, 6.45) is 0.212. The second-order valence-electron chi connectivity index (χ2n) is 7.02. The van der Waals surface area contributed by atoms with Crippen molar-refractivity contribution in [3.63, 3.8) is 0 Å². The molecule has 1 atom stereocenters. The zero-order valence-electron chi connectivity index (χ0n) is 16.2. The van der Waals surface area contributed by atoms with Crippen LogP contribution >= 0.6 is 15.9 Å². The van der Waals surface area contributed by atoms with Gasteiger partial charge in [0.2, 0.25) is 10.0 Å². The number of primary amides is 1. The summed E-state index contributed by atoms with van der Waals surface area (Å²) in [5, 5.41) is 10.1. The maximum absolute atomic E-state index is 13.3. The molecule has 10 heteroatoms. The van der Waals surface area contributed by atoms with E-state index in [1.807, 2.05) is 0 Å². The molecule has 3 rings (SSSR count). The lowest BCUT2D eigenvalue weighted by atomic mass is 10.0. The first kappa shape index (κ1) is 22.4. The van der Waals surface area contributed by atoms with Crippen LogP contribution < -0.4 is 5.73 Å². The number of fused-ring (bicyclic) bond motifs is 1. The minimum Gasteiger partial charge on any atom is -0.455 e. The van der Waals surface area contributed by atoms with Gasteiger partial charge in [-0.1, -0.05) is 15.9 Å². The van der Waals surface area contributed by atoms with Crippen LogP contribution in [0.4, 0.5) is 4.39 Å². The zero-order chi connectivity index (χ0) is 22.2. The fourth-order valence-electron chi connectivity index (χ4n) is 3.13. The Labute approximate surface area is 181 Å². The summed E-state index contributed by atoms with van der Waals surface area (Å²) in [4.78, 5) is 12.1. The number of hydrogen-bond acceptors (Lipinski definition) is 5. The van der Waals surface area contributed by atoms with Crippen LogP contribution in [0.1, 0.15) is 22.8 Å². The Bertz CT molecular complexity index is 1210. The molecule has 0 aliphatic rings. The van der Waals surface area contributed by atoms with Gasteiger partial charge in [0.25, 0.3) is 5.91 Å². The second kappa shape index (κ2) is 8.46. The lowest BCUT2D eigenvalue weighted by Crippen LogP contribution is -2.35. The number of nitrogens with two attached hydrogens (primary N) is 1. The molecule has 0 aliphatic heterocycles. The Kier molecular flexibility index (Phi) is 6.32. The zero-order valence-corrected chi connectivity index (χ0v) is 18.6. The first-order chi connectivity index (χ1) is 14.0. The number of halogens is 2. The fraction of sp³-hybridized carbons (Fsp3) is 0.250. The summed E-state index contributed by atoms with van der Waals surface area (Å²) in [7, 11) is -3.58. The minimum absolute atomic E-state index is 0.0151. The monoisotopic (exact) mass is 498 g/mol. The van der Waals surface area contributed by atoms with Crippen LogP contribution in [-0.2, 0) is 16.6 Å². The van der Waals surface area contributed by atoms with E-state index in [1.54, 1.807) is 12.1 Å². The van der Waals surface area contributed by atoms with Gasteiger partial charge in [0.15, 0.2) is 0 Å². The van der Waals surface area contributed by atoms with Crippen LogP contribution in [0.25, 0.3) is 22.3 Å². The Morgan fingerprint density at radius 2 is 1.93 bits per heavy atom. The van der Waals surface area contributed by atoms with Gasteiger partial charge in [-0.05, 0) is 48.9 Å². The molecule has 0 bridgehead atoms. The SMILES string of the molecule is CC(O)CN(Cc1cc2oc(-c3ccc(F)cc3)c(C(N)=O)c2cc1Br)S(C)(=O)=O. The smallest absolute Gasteiger partial charge is 0.253 e. The Morgan fingerprint density at radius 1 is 1.30 bits per heavy atom. The number of sulfonamides is 1. The van der Waals surface area contributed by atoms with Crippen LogP contribution in [0.5, 0.6) is 0 Å². The van der Waals surface area contributed by atoms with E-state index in [9.17, 15) is 22.7 Å². The number of aliphatic hydroxyl groups is 1. The van der Waals surface area contributed by atoms with E-state index < -0.39 is 27.9 Å². The van der Waals surface area contributed by atoms with Gasteiger partial charge >= 0.3 is 0 Å². The van der Waals surface area contributed by atoms with E-state index in [4.69, 9.17) is 10.2 Å². The number of nitrogens with zero attached hydrogens (tertiary/aromatic N) is 1. The number of furan rings is 1. The molecule has 0 spiro atoms. The van der Waals surface area contributed by atoms with E-state index >= 15 is 0 Å². The standard InChI is InChI=1S/C20H20BrFN2O5S/c1-11(25)9-24(30(2,27)28)10-13-7-17-15(8-16(13)21)18(20(23)26)19(29-17)12-3-5-14(22)6-4-12/h3-8,11,25H,9-10H2,1-2H3,(H2,23,26). The molecular formula is C20H20BrFN2O5S. The number of carbonyl (C=O) groups excluding carboxylic acids is 1. The third-order valence-corrected chi connectivity index (χ3v) is 6.45. The number of rotatable bonds is 7. The number of carbonyl (C=O) groups is 1. The highest BCUT2D eigenvalue weighted by Crippen LogP contribution is 2.36. The molecule has 0 aliphatic carbocycles. The Balaban J connectivity index is 2.13. The number of hydrogen-bond donors (Lipinski definition) is 2. The van der Waals surface area contributed by atoms with Gasteiger partial charge in [0.1, 0.15) is 17.2 Å². The van der Waals surface area contributed by atoms with Crippen molar-refractivity contribution in [1.82, 2.24) is 4.31 Å². The highest BCUT2D eigenvalue weighted by atomic mass is 79.9. The molecule has 0 saturated carbocycles. The number of aliphatic hydroxyl groups excluding tert-OH is 1. The molecule has 1 aromatic heterocycles. The topological polar surface area (TPSA) is 114 Å². The number of amides is 1. The van der Waals surface area contributed by atoms with Crippen molar-refractivity contribution < 1.29 is 27.1 Å². The Morgan fingerprint density at radius 3 is 2.47 bits per heavy atom. The van der Waals surface area contributed by atoms with Gasteiger partial charge in [0, 0.05) is 28.5 Å². The first-order valence-electron chi connectivity index (χ1n) is 8.91. The largest absolute Gasteiger partial charge is 0.455 e. The molecular weight excluding hydrogens is 479 g/mol. The molecule has 1 amide bonds. The maximum Gasteiger partial charge on any atom is 0.253 e. The minimum atomic E-state index is -3.58. The predicted octanol–water partition coefficient (Wildman–Crippen LogP) is 3.24. The van der Waals surface area contributed by atoms with Gasteiger partial charge in [-0.2, -0.15) is 4.31 Å². The van der Waals surface area contributed by atoms with Gasteiger partial charge in [-0.3, -0.25) is 4.79 Å². The van der Waals surface area contributed by atoms with Crippen LogP contribution in [0.3, 0.4) is 0 Å². The summed E-state index contributed by atoms with van der Waals surface area (Å²) in [5.74, 6) is -0.940. The van der Waals surface area contributed by atoms with Crippen LogP contribution in [0.15, 0.2) is 45.3 Å².